The first kappa shape index (κ1) is 45.0. The topological polar surface area (TPSA) is 0 Å². The van der Waals surface area contributed by atoms with Gasteiger partial charge in [0.15, 0.2) is 0 Å². The van der Waals surface area contributed by atoms with E-state index in [4.69, 9.17) is 0 Å². The maximum atomic E-state index is 4.55. The fourth-order valence-corrected chi connectivity index (χ4v) is 15.7. The van der Waals surface area contributed by atoms with E-state index in [0.717, 1.165) is 70.6 Å². The van der Waals surface area contributed by atoms with Crippen LogP contribution in [0.15, 0.2) is 237 Å². The summed E-state index contributed by atoms with van der Waals surface area (Å²) in [5, 5.41) is 0. The zero-order valence-corrected chi connectivity index (χ0v) is 41.5. The zero-order valence-electron chi connectivity index (χ0n) is 41.5. The maximum Gasteiger partial charge on any atom is 0.00948 e. The lowest BCUT2D eigenvalue weighted by Crippen LogP contribution is -2.44. The van der Waals surface area contributed by atoms with Crippen molar-refractivity contribution in [2.45, 2.75) is 110 Å². The van der Waals surface area contributed by atoms with Crippen LogP contribution >= 0.6 is 0 Å². The lowest BCUT2D eigenvalue weighted by molar-refractivity contribution is 0.152. The summed E-state index contributed by atoms with van der Waals surface area (Å²) in [5.74, 6) is 5.28. The normalized spacial score (nSPS) is 35.7. The molecule has 12 aliphatic rings. The van der Waals surface area contributed by atoms with Crippen molar-refractivity contribution >= 4 is 0 Å². The third kappa shape index (κ3) is 8.44. The fourth-order valence-electron chi connectivity index (χ4n) is 15.7. The van der Waals surface area contributed by atoms with Crippen molar-refractivity contribution in [3.8, 4) is 0 Å². The summed E-state index contributed by atoms with van der Waals surface area (Å²) in [6.07, 6.45) is 87.4. The van der Waals surface area contributed by atoms with Gasteiger partial charge in [-0.1, -0.05) is 194 Å². The highest BCUT2D eigenvalue weighted by Gasteiger charge is 2.50. The van der Waals surface area contributed by atoms with E-state index in [9.17, 15) is 0 Å². The van der Waals surface area contributed by atoms with Gasteiger partial charge in [-0.3, -0.25) is 0 Å². The average Bonchev–Trinajstić information content (AvgIpc) is 3.43. The molecule has 0 saturated heterocycles. The van der Waals surface area contributed by atoms with Crippen molar-refractivity contribution in [2.75, 3.05) is 0 Å². The number of hydrogen-bond donors (Lipinski definition) is 0. The Morgan fingerprint density at radius 2 is 1.30 bits per heavy atom. The summed E-state index contributed by atoms with van der Waals surface area (Å²) < 4.78 is 0. The highest BCUT2D eigenvalue weighted by molar-refractivity contribution is 5.56. The van der Waals surface area contributed by atoms with E-state index in [0.29, 0.717) is 59.2 Å². The van der Waals surface area contributed by atoms with Gasteiger partial charge in [-0.05, 0) is 199 Å². The lowest BCUT2D eigenvalue weighted by atomic mass is 9.50. The van der Waals surface area contributed by atoms with Crippen molar-refractivity contribution in [1.82, 2.24) is 0 Å². The molecule has 0 aromatic rings. The molecule has 352 valence electrons. The summed E-state index contributed by atoms with van der Waals surface area (Å²) in [4.78, 5) is 0. The van der Waals surface area contributed by atoms with Gasteiger partial charge in [-0.15, -0.1) is 0 Å². The Bertz CT molecular complexity index is 2740. The molecular formula is C69H75-. The Labute approximate surface area is 416 Å². The van der Waals surface area contributed by atoms with E-state index in [1.165, 1.54) is 37.7 Å². The van der Waals surface area contributed by atoms with Gasteiger partial charge in [-0.2, -0.15) is 6.42 Å². The molecule has 0 fully saturated rings. The van der Waals surface area contributed by atoms with E-state index in [2.05, 4.69) is 184 Å². The van der Waals surface area contributed by atoms with Crippen LogP contribution in [0.2, 0.25) is 0 Å². The minimum atomic E-state index is 0.158. The van der Waals surface area contributed by atoms with Crippen LogP contribution in [0.5, 0.6) is 0 Å². The van der Waals surface area contributed by atoms with Gasteiger partial charge < -0.3 is 6.92 Å². The molecule has 0 nitrogen and oxygen atoms in total. The second-order valence-corrected chi connectivity index (χ2v) is 22.8. The summed E-state index contributed by atoms with van der Waals surface area (Å²) in [7, 11) is 0. The van der Waals surface area contributed by atoms with Gasteiger partial charge in [0.1, 0.15) is 0 Å². The van der Waals surface area contributed by atoms with Gasteiger partial charge in [0, 0.05) is 11.8 Å². The van der Waals surface area contributed by atoms with E-state index in [1.807, 2.05) is 5.57 Å². The Kier molecular flexibility index (Phi) is 12.7. The lowest BCUT2D eigenvalue weighted by Gasteiger charge is -2.54. The van der Waals surface area contributed by atoms with E-state index >= 15 is 0 Å². The van der Waals surface area contributed by atoms with Gasteiger partial charge in [0.05, 0.1) is 0 Å². The molecule has 0 saturated carbocycles. The number of rotatable bonds is 10. The Morgan fingerprint density at radius 1 is 0.594 bits per heavy atom. The van der Waals surface area contributed by atoms with Crippen LogP contribution in [0.1, 0.15) is 110 Å². The van der Waals surface area contributed by atoms with Crippen LogP contribution in [0.3, 0.4) is 0 Å². The molecule has 0 aliphatic heterocycles. The van der Waals surface area contributed by atoms with Gasteiger partial charge in [0.2, 0.25) is 0 Å². The molecule has 11 atom stereocenters. The first-order chi connectivity index (χ1) is 34.1. The first-order valence-corrected chi connectivity index (χ1v) is 27.6. The molecule has 0 aromatic carbocycles. The predicted octanol–water partition coefficient (Wildman–Crippen LogP) is 18.0. The Hall–Kier alpha value is -5.20. The van der Waals surface area contributed by atoms with Crippen LogP contribution in [-0.2, 0) is 0 Å². The van der Waals surface area contributed by atoms with Crippen LogP contribution in [0, 0.1) is 71.5 Å². The van der Waals surface area contributed by atoms with E-state index < -0.39 is 0 Å². The third-order valence-electron chi connectivity index (χ3n) is 19.3. The summed E-state index contributed by atoms with van der Waals surface area (Å²) in [6, 6.07) is 0. The summed E-state index contributed by atoms with van der Waals surface area (Å²) in [5.41, 5.74) is 19.7. The molecule has 0 heterocycles. The maximum absolute atomic E-state index is 4.55. The van der Waals surface area contributed by atoms with Gasteiger partial charge in [0.25, 0.3) is 0 Å². The van der Waals surface area contributed by atoms with Crippen LogP contribution in [0.25, 0.3) is 0 Å². The third-order valence-corrected chi connectivity index (χ3v) is 19.3. The molecule has 0 bridgehead atoms. The highest BCUT2D eigenvalue weighted by Crippen LogP contribution is 2.62. The highest BCUT2D eigenvalue weighted by atomic mass is 14.5. The summed E-state index contributed by atoms with van der Waals surface area (Å²) >= 11 is 0. The van der Waals surface area contributed by atoms with E-state index in [-0.39, 0.29) is 5.41 Å². The second-order valence-electron chi connectivity index (χ2n) is 22.8. The minimum absolute atomic E-state index is 0.158. The molecule has 0 radical (unpaired) electrons. The van der Waals surface area contributed by atoms with Crippen LogP contribution < -0.4 is 0 Å². The number of hydrogen-bond acceptors (Lipinski definition) is 0. The van der Waals surface area contributed by atoms with Gasteiger partial charge >= 0.3 is 0 Å². The quantitative estimate of drug-likeness (QED) is 0.192. The smallest absolute Gasteiger partial charge is 0.00948 e. The minimum Gasteiger partial charge on any atom is -0.343 e. The zero-order chi connectivity index (χ0) is 46.3. The Morgan fingerprint density at radius 3 is 2.04 bits per heavy atom. The molecule has 0 heteroatoms. The number of allylic oxidation sites excluding steroid dienone is 40. The molecular weight excluding hydrogens is 829 g/mol. The molecule has 12 aliphatic carbocycles. The molecule has 11 unspecified atom stereocenters. The molecule has 12 rings (SSSR count). The molecule has 0 aromatic heterocycles. The van der Waals surface area contributed by atoms with Crippen LogP contribution in [-0.4, -0.2) is 0 Å². The van der Waals surface area contributed by atoms with Crippen molar-refractivity contribution < 1.29 is 0 Å². The average molecular weight is 904 g/mol. The molecule has 0 spiro atoms. The van der Waals surface area contributed by atoms with Crippen molar-refractivity contribution in [1.29, 1.82) is 0 Å². The fraction of sp³-hybridized carbons (Fsp3) is 0.406. The van der Waals surface area contributed by atoms with Crippen molar-refractivity contribution in [2.24, 2.45) is 64.6 Å². The number of fused-ring (bicyclic) bond motifs is 4. The molecule has 69 heavy (non-hydrogen) atoms. The summed E-state index contributed by atoms with van der Waals surface area (Å²) in [6.45, 7) is 7.20. The largest absolute Gasteiger partial charge is 0.343 e. The SMILES string of the molecule is [CH2-]CC1CC2C3=C(C=CC(C4C=CC(C(CC5=CC=C(C6CC=CC=C6C6=CC=CCC6)C6CC=CC=C56)C5CC=CC=C5C5=CC=CCC5)=CC4)C3)C(C)(C3C=CC=CC3)CC2C2=C1C=CCC2. The van der Waals surface area contributed by atoms with Gasteiger partial charge in [-0.25, -0.2) is 0 Å². The van der Waals surface area contributed by atoms with Crippen LogP contribution in [0.4, 0.5) is 0 Å². The molecule has 0 N–H and O–H groups in total. The standard InChI is InChI=1S/C69H75/c1-3-47-43-65-66-44-52(40-42-68(66)69(2,54-25-11-6-12-26-54)46-67(65)62-34-20-13-27-55(47)62)48-35-37-51(38-36-48)64(61-33-19-15-29-57(61)50-23-9-5-10-24-50)45-53-39-41-63(60-32-18-16-30-58(53)60)59-31-17-14-28-56(59)49-21-7-4-8-22-49/h4-7,9,11-19,21,23,25,27-30,35,37-42,47-48,52,54,59-61,64-65,67H,1,3,8,10,20,22,24,26,31-34,36,43-46H2,2H3/q-1. The van der Waals surface area contributed by atoms with Crippen molar-refractivity contribution in [3.63, 3.8) is 0 Å². The van der Waals surface area contributed by atoms with E-state index in [1.54, 1.807) is 55.7 Å². The Balaban J connectivity index is 0.855. The molecule has 0 amide bonds. The first-order valence-electron chi connectivity index (χ1n) is 27.6. The monoisotopic (exact) mass is 904 g/mol. The van der Waals surface area contributed by atoms with Crippen molar-refractivity contribution in [3.05, 3.63) is 244 Å². The second kappa shape index (κ2) is 19.5. The predicted molar refractivity (Wildman–Crippen MR) is 292 cm³/mol.